The van der Waals surface area contributed by atoms with Gasteiger partial charge in [0.05, 0.1) is 0 Å². The van der Waals surface area contributed by atoms with E-state index in [-0.39, 0.29) is 0 Å². The summed E-state index contributed by atoms with van der Waals surface area (Å²) in [5, 5.41) is 4.36. The van der Waals surface area contributed by atoms with Crippen molar-refractivity contribution in [3.05, 3.63) is 33.3 Å². The topological polar surface area (TPSA) is 12.0 Å². The summed E-state index contributed by atoms with van der Waals surface area (Å²) in [4.78, 5) is 0. The van der Waals surface area contributed by atoms with Gasteiger partial charge in [-0.15, -0.1) is 0 Å². The van der Waals surface area contributed by atoms with E-state index in [1.165, 1.54) is 18.4 Å². The molecule has 0 aliphatic rings. The lowest BCUT2D eigenvalue weighted by atomic mass is 9.93. The lowest BCUT2D eigenvalue weighted by molar-refractivity contribution is 0.395. The number of rotatable bonds is 7. The zero-order valence-corrected chi connectivity index (χ0v) is 13.8. The maximum absolute atomic E-state index is 6.13. The van der Waals surface area contributed by atoms with Crippen LogP contribution in [-0.2, 0) is 0 Å². The van der Waals surface area contributed by atoms with Gasteiger partial charge >= 0.3 is 0 Å². The number of benzene rings is 1. The van der Waals surface area contributed by atoms with Crippen molar-refractivity contribution in [1.29, 1.82) is 0 Å². The molecule has 1 N–H and O–H groups in total. The maximum atomic E-state index is 6.13. The molecule has 0 aromatic heterocycles. The van der Waals surface area contributed by atoms with E-state index in [4.69, 9.17) is 11.6 Å². The summed E-state index contributed by atoms with van der Waals surface area (Å²) in [5.41, 5.74) is 1.28. The highest BCUT2D eigenvalue weighted by Gasteiger charge is 2.15. The molecular weight excluding hydrogens is 310 g/mol. The fourth-order valence-electron chi connectivity index (χ4n) is 2.37. The number of hydrogen-bond donors (Lipinski definition) is 1. The van der Waals surface area contributed by atoms with Crippen molar-refractivity contribution in [3.8, 4) is 0 Å². The summed E-state index contributed by atoms with van der Waals surface area (Å²) in [6.45, 7) is 7.70. The SMILES string of the molecule is CCCC(C)CC(NCC)c1cc(Cl)cc(Br)c1. The van der Waals surface area contributed by atoms with E-state index in [2.05, 4.69) is 54.2 Å². The minimum atomic E-state index is 0.395. The number of hydrogen-bond acceptors (Lipinski definition) is 1. The molecular formula is C15H23BrClN. The molecule has 0 fully saturated rings. The molecule has 1 aromatic carbocycles. The fraction of sp³-hybridized carbons (Fsp3) is 0.600. The van der Waals surface area contributed by atoms with Crippen LogP contribution in [0.2, 0.25) is 5.02 Å². The Morgan fingerprint density at radius 1 is 1.28 bits per heavy atom. The van der Waals surface area contributed by atoms with Crippen LogP contribution in [0.15, 0.2) is 22.7 Å². The molecule has 1 aromatic rings. The first kappa shape index (κ1) is 16.0. The van der Waals surface area contributed by atoms with Gasteiger partial charge in [-0.25, -0.2) is 0 Å². The minimum Gasteiger partial charge on any atom is -0.310 e. The smallest absolute Gasteiger partial charge is 0.0420 e. The third-order valence-electron chi connectivity index (χ3n) is 3.16. The monoisotopic (exact) mass is 331 g/mol. The molecule has 18 heavy (non-hydrogen) atoms. The van der Waals surface area contributed by atoms with Gasteiger partial charge in [-0.1, -0.05) is 61.1 Å². The second-order valence-electron chi connectivity index (χ2n) is 4.94. The van der Waals surface area contributed by atoms with Crippen LogP contribution in [0.25, 0.3) is 0 Å². The predicted octanol–water partition coefficient (Wildman–Crippen LogP) is 5.58. The molecule has 102 valence electrons. The average Bonchev–Trinajstić information content (AvgIpc) is 2.27. The molecule has 3 heteroatoms. The molecule has 0 heterocycles. The van der Waals surface area contributed by atoms with Crippen LogP contribution < -0.4 is 5.32 Å². The van der Waals surface area contributed by atoms with E-state index in [1.54, 1.807) is 0 Å². The molecule has 0 bridgehead atoms. The van der Waals surface area contributed by atoms with Crippen molar-refractivity contribution in [2.24, 2.45) is 5.92 Å². The highest BCUT2D eigenvalue weighted by molar-refractivity contribution is 9.10. The average molecular weight is 333 g/mol. The van der Waals surface area contributed by atoms with Gasteiger partial charge in [0, 0.05) is 15.5 Å². The second-order valence-corrected chi connectivity index (χ2v) is 6.29. The van der Waals surface area contributed by atoms with E-state index < -0.39 is 0 Å². The maximum Gasteiger partial charge on any atom is 0.0420 e. The first-order chi connectivity index (χ1) is 8.56. The van der Waals surface area contributed by atoms with Crippen LogP contribution in [0.3, 0.4) is 0 Å². The quantitative estimate of drug-likeness (QED) is 0.687. The number of nitrogens with one attached hydrogen (secondary N) is 1. The molecule has 1 nitrogen and oxygen atoms in total. The van der Waals surface area contributed by atoms with E-state index >= 15 is 0 Å². The van der Waals surface area contributed by atoms with E-state index in [0.717, 1.165) is 28.4 Å². The van der Waals surface area contributed by atoms with Crippen molar-refractivity contribution >= 4 is 27.5 Å². The van der Waals surface area contributed by atoms with Gasteiger partial charge in [-0.3, -0.25) is 0 Å². The van der Waals surface area contributed by atoms with Crippen LogP contribution >= 0.6 is 27.5 Å². The number of halogens is 2. The molecule has 1 rings (SSSR count). The Bertz CT molecular complexity index is 347. The Labute approximate surface area is 124 Å². The van der Waals surface area contributed by atoms with Crippen molar-refractivity contribution < 1.29 is 0 Å². The van der Waals surface area contributed by atoms with E-state index in [9.17, 15) is 0 Å². The molecule has 2 atom stereocenters. The molecule has 0 saturated carbocycles. The van der Waals surface area contributed by atoms with Gasteiger partial charge < -0.3 is 5.32 Å². The Balaban J connectivity index is 2.82. The molecule has 0 spiro atoms. The summed E-state index contributed by atoms with van der Waals surface area (Å²) in [6, 6.07) is 6.56. The van der Waals surface area contributed by atoms with Crippen molar-refractivity contribution in [3.63, 3.8) is 0 Å². The van der Waals surface area contributed by atoms with Gasteiger partial charge in [0.15, 0.2) is 0 Å². The van der Waals surface area contributed by atoms with Gasteiger partial charge in [-0.05, 0) is 42.6 Å². The lowest BCUT2D eigenvalue weighted by Crippen LogP contribution is -2.23. The zero-order valence-electron chi connectivity index (χ0n) is 11.5. The van der Waals surface area contributed by atoms with Crippen LogP contribution in [0, 0.1) is 5.92 Å². The first-order valence-electron chi connectivity index (χ1n) is 6.76. The standard InChI is InChI=1S/C15H23BrClN/c1-4-6-11(3)7-15(18-5-2)12-8-13(16)10-14(17)9-12/h8-11,15,18H,4-7H2,1-3H3. The fourth-order valence-corrected chi connectivity index (χ4v) is 3.26. The van der Waals surface area contributed by atoms with Gasteiger partial charge in [0.2, 0.25) is 0 Å². The molecule has 0 radical (unpaired) electrons. The van der Waals surface area contributed by atoms with Crippen molar-refractivity contribution in [1.82, 2.24) is 5.32 Å². The Hall–Kier alpha value is -0.0500. The molecule has 0 amide bonds. The first-order valence-corrected chi connectivity index (χ1v) is 7.93. The molecule has 0 saturated heterocycles. The van der Waals surface area contributed by atoms with Gasteiger partial charge in [0.1, 0.15) is 0 Å². The Morgan fingerprint density at radius 3 is 2.56 bits per heavy atom. The Kier molecular flexibility index (Phi) is 7.28. The summed E-state index contributed by atoms with van der Waals surface area (Å²) in [6.07, 6.45) is 3.69. The van der Waals surface area contributed by atoms with Gasteiger partial charge in [-0.2, -0.15) is 0 Å². The highest BCUT2D eigenvalue weighted by Crippen LogP contribution is 2.28. The summed E-state index contributed by atoms with van der Waals surface area (Å²) >= 11 is 9.65. The lowest BCUT2D eigenvalue weighted by Gasteiger charge is -2.22. The molecule has 0 aliphatic carbocycles. The largest absolute Gasteiger partial charge is 0.310 e. The van der Waals surface area contributed by atoms with Gasteiger partial charge in [0.25, 0.3) is 0 Å². The van der Waals surface area contributed by atoms with E-state index in [1.807, 2.05) is 6.07 Å². The summed E-state index contributed by atoms with van der Waals surface area (Å²) in [7, 11) is 0. The van der Waals surface area contributed by atoms with E-state index in [0.29, 0.717) is 6.04 Å². The summed E-state index contributed by atoms with van der Waals surface area (Å²) in [5.74, 6) is 0.733. The van der Waals surface area contributed by atoms with Crippen molar-refractivity contribution in [2.45, 2.75) is 46.1 Å². The second kappa shape index (κ2) is 8.19. The van der Waals surface area contributed by atoms with Crippen LogP contribution in [0.5, 0.6) is 0 Å². The molecule has 2 unspecified atom stereocenters. The van der Waals surface area contributed by atoms with Crippen LogP contribution in [0.4, 0.5) is 0 Å². The summed E-state index contributed by atoms with van der Waals surface area (Å²) < 4.78 is 1.05. The van der Waals surface area contributed by atoms with Crippen LogP contribution in [0.1, 0.15) is 51.6 Å². The van der Waals surface area contributed by atoms with Crippen LogP contribution in [-0.4, -0.2) is 6.54 Å². The van der Waals surface area contributed by atoms with Crippen molar-refractivity contribution in [2.75, 3.05) is 6.54 Å². The Morgan fingerprint density at radius 2 is 2.00 bits per heavy atom. The third-order valence-corrected chi connectivity index (χ3v) is 3.83. The zero-order chi connectivity index (χ0) is 13.5. The third kappa shape index (κ3) is 5.29. The highest BCUT2D eigenvalue weighted by atomic mass is 79.9. The predicted molar refractivity (Wildman–Crippen MR) is 84.3 cm³/mol. The minimum absolute atomic E-state index is 0.395. The normalized spacial score (nSPS) is 14.5. The molecule has 0 aliphatic heterocycles.